The van der Waals surface area contributed by atoms with Gasteiger partial charge < -0.3 is 14.8 Å². The molecule has 1 N–H and O–H groups in total. The SMILES string of the molecule is COc1cc(I)c(C(=O)Nc2cnc3ccccc3c2)cc1OC. The second-order valence-electron chi connectivity index (χ2n) is 5.06. The van der Waals surface area contributed by atoms with E-state index in [2.05, 4.69) is 32.9 Å². The molecular formula is C18H15IN2O3. The lowest BCUT2D eigenvalue weighted by molar-refractivity contribution is 0.102. The van der Waals surface area contributed by atoms with Crippen LogP contribution in [0.5, 0.6) is 11.5 Å². The molecule has 0 bridgehead atoms. The minimum absolute atomic E-state index is 0.225. The number of aromatic nitrogens is 1. The van der Waals surface area contributed by atoms with Crippen molar-refractivity contribution in [1.29, 1.82) is 0 Å². The molecule has 3 aromatic rings. The van der Waals surface area contributed by atoms with Gasteiger partial charge in [0.15, 0.2) is 11.5 Å². The van der Waals surface area contributed by atoms with Gasteiger partial charge in [0.1, 0.15) is 0 Å². The lowest BCUT2D eigenvalue weighted by Gasteiger charge is -2.12. The Morgan fingerprint density at radius 3 is 2.54 bits per heavy atom. The summed E-state index contributed by atoms with van der Waals surface area (Å²) in [5.74, 6) is 0.878. The Bertz CT molecular complexity index is 912. The van der Waals surface area contributed by atoms with E-state index >= 15 is 0 Å². The van der Waals surface area contributed by atoms with Crippen molar-refractivity contribution in [2.45, 2.75) is 0 Å². The summed E-state index contributed by atoms with van der Waals surface area (Å²) in [6.45, 7) is 0. The van der Waals surface area contributed by atoms with E-state index in [1.54, 1.807) is 32.5 Å². The molecule has 0 spiro atoms. The second-order valence-corrected chi connectivity index (χ2v) is 6.22. The fraction of sp³-hybridized carbons (Fsp3) is 0.111. The number of anilines is 1. The average molecular weight is 434 g/mol. The third-order valence-corrected chi connectivity index (χ3v) is 4.46. The molecule has 6 heteroatoms. The molecule has 0 saturated heterocycles. The number of ether oxygens (including phenoxy) is 2. The summed E-state index contributed by atoms with van der Waals surface area (Å²) in [5, 5.41) is 3.85. The maximum atomic E-state index is 12.6. The minimum atomic E-state index is -0.225. The quantitative estimate of drug-likeness (QED) is 0.629. The Balaban J connectivity index is 1.91. The number of hydrogen-bond acceptors (Lipinski definition) is 4. The van der Waals surface area contributed by atoms with Crippen molar-refractivity contribution in [2.24, 2.45) is 0 Å². The van der Waals surface area contributed by atoms with Crippen LogP contribution in [0, 0.1) is 3.57 Å². The molecule has 24 heavy (non-hydrogen) atoms. The van der Waals surface area contributed by atoms with E-state index < -0.39 is 0 Å². The van der Waals surface area contributed by atoms with E-state index in [0.717, 1.165) is 14.5 Å². The summed E-state index contributed by atoms with van der Waals surface area (Å²) in [5.41, 5.74) is 2.04. The van der Waals surface area contributed by atoms with E-state index in [1.165, 1.54) is 0 Å². The Hall–Kier alpha value is -2.35. The highest BCUT2D eigenvalue weighted by molar-refractivity contribution is 14.1. The maximum Gasteiger partial charge on any atom is 0.256 e. The molecule has 0 radical (unpaired) electrons. The van der Waals surface area contributed by atoms with Crippen LogP contribution < -0.4 is 14.8 Å². The zero-order valence-corrected chi connectivity index (χ0v) is 15.3. The molecule has 0 saturated carbocycles. The molecule has 122 valence electrons. The fourth-order valence-electron chi connectivity index (χ4n) is 2.37. The van der Waals surface area contributed by atoms with Crippen LogP contribution in [-0.4, -0.2) is 25.1 Å². The summed E-state index contributed by atoms with van der Waals surface area (Å²) >= 11 is 2.10. The highest BCUT2D eigenvalue weighted by Crippen LogP contribution is 2.31. The van der Waals surface area contributed by atoms with Crippen LogP contribution in [0.2, 0.25) is 0 Å². The van der Waals surface area contributed by atoms with Crippen molar-refractivity contribution in [3.63, 3.8) is 0 Å². The number of carbonyl (C=O) groups excluding carboxylic acids is 1. The number of methoxy groups -OCH3 is 2. The van der Waals surface area contributed by atoms with Crippen molar-refractivity contribution in [2.75, 3.05) is 19.5 Å². The second kappa shape index (κ2) is 7.04. The van der Waals surface area contributed by atoms with Gasteiger partial charge in [-0.25, -0.2) is 0 Å². The molecule has 0 fully saturated rings. The number of carbonyl (C=O) groups is 1. The number of rotatable bonds is 4. The summed E-state index contributed by atoms with van der Waals surface area (Å²) in [6, 6.07) is 13.1. The van der Waals surface area contributed by atoms with Gasteiger partial charge >= 0.3 is 0 Å². The molecule has 5 nitrogen and oxygen atoms in total. The minimum Gasteiger partial charge on any atom is -0.493 e. The number of nitrogens with zero attached hydrogens (tertiary/aromatic N) is 1. The topological polar surface area (TPSA) is 60.5 Å². The molecular weight excluding hydrogens is 419 g/mol. The zero-order chi connectivity index (χ0) is 17.1. The highest BCUT2D eigenvalue weighted by Gasteiger charge is 2.16. The number of pyridine rings is 1. The average Bonchev–Trinajstić information content (AvgIpc) is 2.61. The van der Waals surface area contributed by atoms with E-state index in [1.807, 2.05) is 30.3 Å². The van der Waals surface area contributed by atoms with Gasteiger partial charge in [0.2, 0.25) is 0 Å². The molecule has 0 aliphatic rings. The van der Waals surface area contributed by atoms with Crippen LogP contribution in [0.25, 0.3) is 10.9 Å². The van der Waals surface area contributed by atoms with Crippen LogP contribution in [0.3, 0.4) is 0 Å². The number of fused-ring (bicyclic) bond motifs is 1. The Labute approximate surface area is 153 Å². The van der Waals surface area contributed by atoms with Crippen LogP contribution >= 0.6 is 22.6 Å². The Kier molecular flexibility index (Phi) is 4.84. The van der Waals surface area contributed by atoms with Gasteiger partial charge in [0, 0.05) is 8.96 Å². The number of hydrogen-bond donors (Lipinski definition) is 1. The van der Waals surface area contributed by atoms with Crippen molar-refractivity contribution < 1.29 is 14.3 Å². The number of halogens is 1. The number of amides is 1. The summed E-state index contributed by atoms with van der Waals surface area (Å²) in [7, 11) is 3.11. The number of para-hydroxylation sites is 1. The first-order chi connectivity index (χ1) is 11.6. The Morgan fingerprint density at radius 1 is 1.08 bits per heavy atom. The van der Waals surface area contributed by atoms with Gasteiger partial charge in [-0.3, -0.25) is 9.78 Å². The molecule has 1 amide bonds. The van der Waals surface area contributed by atoms with Gasteiger partial charge in [-0.15, -0.1) is 0 Å². The van der Waals surface area contributed by atoms with Crippen molar-refractivity contribution in [1.82, 2.24) is 4.98 Å². The van der Waals surface area contributed by atoms with E-state index in [4.69, 9.17) is 9.47 Å². The molecule has 0 aliphatic carbocycles. The van der Waals surface area contributed by atoms with Crippen molar-refractivity contribution in [3.05, 3.63) is 57.8 Å². The first kappa shape index (κ1) is 16.5. The third-order valence-electron chi connectivity index (χ3n) is 3.57. The lowest BCUT2D eigenvalue weighted by atomic mass is 10.1. The highest BCUT2D eigenvalue weighted by atomic mass is 127. The van der Waals surface area contributed by atoms with Gasteiger partial charge in [-0.2, -0.15) is 0 Å². The Morgan fingerprint density at radius 2 is 1.79 bits per heavy atom. The molecule has 3 rings (SSSR count). The van der Waals surface area contributed by atoms with Crippen molar-refractivity contribution in [3.8, 4) is 11.5 Å². The normalized spacial score (nSPS) is 10.5. The maximum absolute atomic E-state index is 12.6. The molecule has 0 atom stereocenters. The smallest absolute Gasteiger partial charge is 0.256 e. The van der Waals surface area contributed by atoms with Crippen LogP contribution in [0.4, 0.5) is 5.69 Å². The van der Waals surface area contributed by atoms with E-state index in [0.29, 0.717) is 22.7 Å². The van der Waals surface area contributed by atoms with E-state index in [-0.39, 0.29) is 5.91 Å². The van der Waals surface area contributed by atoms with E-state index in [9.17, 15) is 4.79 Å². The molecule has 2 aromatic carbocycles. The monoisotopic (exact) mass is 434 g/mol. The predicted octanol–water partition coefficient (Wildman–Crippen LogP) is 4.11. The van der Waals surface area contributed by atoms with Crippen LogP contribution in [-0.2, 0) is 0 Å². The third kappa shape index (κ3) is 3.28. The molecule has 0 aliphatic heterocycles. The van der Waals surface area contributed by atoms with Crippen LogP contribution in [0.15, 0.2) is 48.7 Å². The summed E-state index contributed by atoms with van der Waals surface area (Å²) in [6.07, 6.45) is 1.65. The van der Waals surface area contributed by atoms with Gasteiger partial charge in [0.05, 0.1) is 37.2 Å². The first-order valence-corrected chi connectivity index (χ1v) is 8.28. The largest absolute Gasteiger partial charge is 0.493 e. The molecule has 1 aromatic heterocycles. The standard InChI is InChI=1S/C18H15IN2O3/c1-23-16-8-13(14(19)9-17(16)24-2)18(22)21-12-7-11-5-3-4-6-15(11)20-10-12/h3-10H,1-2H3,(H,21,22). The molecule has 0 unspecified atom stereocenters. The number of nitrogens with one attached hydrogen (secondary N) is 1. The van der Waals surface area contributed by atoms with Gasteiger partial charge in [-0.1, -0.05) is 18.2 Å². The summed E-state index contributed by atoms with van der Waals surface area (Å²) in [4.78, 5) is 16.9. The summed E-state index contributed by atoms with van der Waals surface area (Å²) < 4.78 is 11.3. The fourth-order valence-corrected chi connectivity index (χ4v) is 3.05. The zero-order valence-electron chi connectivity index (χ0n) is 13.2. The van der Waals surface area contributed by atoms with Gasteiger partial charge in [0.25, 0.3) is 5.91 Å². The first-order valence-electron chi connectivity index (χ1n) is 7.20. The predicted molar refractivity (Wildman–Crippen MR) is 102 cm³/mol. The van der Waals surface area contributed by atoms with Crippen molar-refractivity contribution >= 4 is 45.1 Å². The van der Waals surface area contributed by atoms with Gasteiger partial charge in [-0.05, 0) is 46.9 Å². The van der Waals surface area contributed by atoms with Crippen LogP contribution in [0.1, 0.15) is 10.4 Å². The number of benzene rings is 2. The lowest BCUT2D eigenvalue weighted by Crippen LogP contribution is -2.14. The molecule has 1 heterocycles.